The van der Waals surface area contributed by atoms with E-state index in [4.69, 9.17) is 15.2 Å². The monoisotopic (exact) mass is 495 g/mol. The van der Waals surface area contributed by atoms with Gasteiger partial charge in [0.05, 0.1) is 11.3 Å². The van der Waals surface area contributed by atoms with Crippen LogP contribution < -0.4 is 15.8 Å². The summed E-state index contributed by atoms with van der Waals surface area (Å²) in [7, 11) is 0. The Labute approximate surface area is 208 Å². The van der Waals surface area contributed by atoms with Crippen molar-refractivity contribution in [2.75, 3.05) is 18.5 Å². The van der Waals surface area contributed by atoms with Crippen molar-refractivity contribution < 1.29 is 23.9 Å². The van der Waals surface area contributed by atoms with Crippen LogP contribution in [0.2, 0.25) is 0 Å². The molecule has 0 aliphatic rings. The number of ether oxygens (including phenoxy) is 2. The van der Waals surface area contributed by atoms with Crippen molar-refractivity contribution >= 4 is 34.3 Å². The van der Waals surface area contributed by atoms with Crippen LogP contribution >= 0.6 is 11.3 Å². The summed E-state index contributed by atoms with van der Waals surface area (Å²) in [5.74, 6) is -1.35. The second-order valence-corrected chi connectivity index (χ2v) is 8.81. The number of benzene rings is 2. The molecule has 0 bridgehead atoms. The maximum Gasteiger partial charge on any atom is 0.338 e. The molecule has 35 heavy (non-hydrogen) atoms. The van der Waals surface area contributed by atoms with Gasteiger partial charge in [-0.2, -0.15) is 0 Å². The van der Waals surface area contributed by atoms with Gasteiger partial charge in [-0.25, -0.2) is 9.78 Å². The normalized spacial score (nSPS) is 10.5. The lowest BCUT2D eigenvalue weighted by Gasteiger charge is -2.06. The Morgan fingerprint density at radius 1 is 0.971 bits per heavy atom. The number of rotatable bonds is 13. The molecular formula is C26H29N3O5S. The quantitative estimate of drug-likeness (QED) is 0.264. The molecule has 3 aromatic rings. The summed E-state index contributed by atoms with van der Waals surface area (Å²) in [6, 6.07) is 14.3. The first kappa shape index (κ1) is 25.9. The number of primary amides is 1. The van der Waals surface area contributed by atoms with Gasteiger partial charge in [0.2, 0.25) is 0 Å². The van der Waals surface area contributed by atoms with Gasteiger partial charge >= 0.3 is 5.97 Å². The van der Waals surface area contributed by atoms with Gasteiger partial charge in [-0.15, -0.1) is 11.3 Å². The average molecular weight is 496 g/mol. The van der Waals surface area contributed by atoms with Gasteiger partial charge in [-0.1, -0.05) is 50.5 Å². The molecule has 0 spiro atoms. The lowest BCUT2D eigenvalue weighted by atomic mass is 10.0. The molecule has 0 saturated carbocycles. The molecule has 0 aliphatic heterocycles. The van der Waals surface area contributed by atoms with Crippen LogP contribution in [0.25, 0.3) is 11.3 Å². The van der Waals surface area contributed by atoms with E-state index in [0.717, 1.165) is 17.7 Å². The third-order valence-electron chi connectivity index (χ3n) is 5.12. The third-order valence-corrected chi connectivity index (χ3v) is 5.88. The van der Waals surface area contributed by atoms with Crippen molar-refractivity contribution in [1.29, 1.82) is 0 Å². The van der Waals surface area contributed by atoms with E-state index >= 15 is 0 Å². The highest BCUT2D eigenvalue weighted by molar-refractivity contribution is 7.14. The van der Waals surface area contributed by atoms with E-state index in [1.165, 1.54) is 66.8 Å². The first-order chi connectivity index (χ1) is 16.9. The smallest absolute Gasteiger partial charge is 0.338 e. The second kappa shape index (κ2) is 13.2. The van der Waals surface area contributed by atoms with Crippen LogP contribution in [0.4, 0.5) is 5.13 Å². The average Bonchev–Trinajstić information content (AvgIpc) is 3.33. The minimum absolute atomic E-state index is 0.245. The predicted octanol–water partition coefficient (Wildman–Crippen LogP) is 4.59. The minimum atomic E-state index is -0.656. The molecule has 0 aliphatic carbocycles. The fourth-order valence-corrected chi connectivity index (χ4v) is 4.01. The van der Waals surface area contributed by atoms with E-state index in [0.29, 0.717) is 10.9 Å². The van der Waals surface area contributed by atoms with Gasteiger partial charge in [0, 0.05) is 10.9 Å². The van der Waals surface area contributed by atoms with E-state index in [1.54, 1.807) is 0 Å². The third kappa shape index (κ3) is 8.53. The number of thiazole rings is 1. The Bertz CT molecular complexity index is 1130. The molecule has 0 fully saturated rings. The van der Waals surface area contributed by atoms with Crippen molar-refractivity contribution in [2.24, 2.45) is 5.73 Å². The van der Waals surface area contributed by atoms with Gasteiger partial charge in [0.1, 0.15) is 5.75 Å². The molecule has 0 unspecified atom stereocenters. The minimum Gasteiger partial charge on any atom is -0.484 e. The number of hydrogen-bond donors (Lipinski definition) is 2. The number of hydrogen-bond acceptors (Lipinski definition) is 7. The molecule has 8 nitrogen and oxygen atoms in total. The predicted molar refractivity (Wildman–Crippen MR) is 135 cm³/mol. The Morgan fingerprint density at radius 3 is 2.40 bits per heavy atom. The van der Waals surface area contributed by atoms with Crippen molar-refractivity contribution in [3.8, 4) is 17.0 Å². The standard InChI is InChI=1S/C26H29N3O5S/c1-2-3-4-5-6-18-7-9-19(10-8-18)22-17-35-26(28-22)29-24(31)16-34-25(32)20-11-13-21(14-12-20)33-15-23(27)30/h7-14,17H,2-6,15-16H2,1H3,(H2,27,30)(H,28,29,31). The number of amides is 2. The lowest BCUT2D eigenvalue weighted by molar-refractivity contribution is -0.120. The number of aryl methyl sites for hydroxylation is 1. The fraction of sp³-hybridized carbons (Fsp3) is 0.308. The number of carbonyl (C=O) groups excluding carboxylic acids is 3. The second-order valence-electron chi connectivity index (χ2n) is 7.95. The molecule has 184 valence electrons. The first-order valence-electron chi connectivity index (χ1n) is 11.5. The molecule has 9 heteroatoms. The summed E-state index contributed by atoms with van der Waals surface area (Å²) < 4.78 is 10.2. The molecule has 2 aromatic carbocycles. The van der Waals surface area contributed by atoms with E-state index in [1.807, 2.05) is 17.5 Å². The van der Waals surface area contributed by atoms with Crippen molar-refractivity contribution in [2.45, 2.75) is 39.0 Å². The SMILES string of the molecule is CCCCCCc1ccc(-c2csc(NC(=O)COC(=O)c3ccc(OCC(N)=O)cc3)n2)cc1. The van der Waals surface area contributed by atoms with Crippen LogP contribution in [0.3, 0.4) is 0 Å². The first-order valence-corrected chi connectivity index (χ1v) is 12.4. The van der Waals surface area contributed by atoms with E-state index in [2.05, 4.69) is 29.4 Å². The number of esters is 1. The Kier molecular flexibility index (Phi) is 9.80. The molecule has 1 heterocycles. The Balaban J connectivity index is 1.45. The van der Waals surface area contributed by atoms with Crippen LogP contribution in [-0.4, -0.2) is 36.0 Å². The van der Waals surface area contributed by atoms with Gasteiger partial charge in [0.15, 0.2) is 18.3 Å². The molecule has 0 saturated heterocycles. The molecule has 0 atom stereocenters. The van der Waals surface area contributed by atoms with Crippen molar-refractivity contribution in [1.82, 2.24) is 4.98 Å². The maximum absolute atomic E-state index is 12.2. The van der Waals surface area contributed by atoms with E-state index in [9.17, 15) is 14.4 Å². The molecule has 1 aromatic heterocycles. The Morgan fingerprint density at radius 2 is 1.71 bits per heavy atom. The largest absolute Gasteiger partial charge is 0.484 e. The molecule has 3 rings (SSSR count). The number of anilines is 1. The van der Waals surface area contributed by atoms with Crippen LogP contribution in [0, 0.1) is 0 Å². The summed E-state index contributed by atoms with van der Waals surface area (Å²) in [6.07, 6.45) is 6.02. The summed E-state index contributed by atoms with van der Waals surface area (Å²) in [4.78, 5) is 39.6. The van der Waals surface area contributed by atoms with E-state index < -0.39 is 24.4 Å². The molecular weight excluding hydrogens is 466 g/mol. The van der Waals surface area contributed by atoms with Gasteiger partial charge < -0.3 is 15.2 Å². The fourth-order valence-electron chi connectivity index (χ4n) is 3.27. The number of nitrogens with one attached hydrogen (secondary N) is 1. The number of nitrogens with zero attached hydrogens (tertiary/aromatic N) is 1. The van der Waals surface area contributed by atoms with Gasteiger partial charge in [0.25, 0.3) is 11.8 Å². The zero-order chi connectivity index (χ0) is 25.0. The van der Waals surface area contributed by atoms with Crippen LogP contribution in [-0.2, 0) is 20.7 Å². The summed E-state index contributed by atoms with van der Waals surface area (Å²) in [5.41, 5.74) is 8.33. The lowest BCUT2D eigenvalue weighted by Crippen LogP contribution is -2.21. The Hall–Kier alpha value is -3.72. The van der Waals surface area contributed by atoms with Crippen molar-refractivity contribution in [3.05, 3.63) is 65.0 Å². The van der Waals surface area contributed by atoms with Gasteiger partial charge in [-0.3, -0.25) is 14.9 Å². The van der Waals surface area contributed by atoms with Gasteiger partial charge in [-0.05, 0) is 42.7 Å². The number of nitrogens with two attached hydrogens (primary N) is 1. The summed E-state index contributed by atoms with van der Waals surface area (Å²) in [6.45, 7) is 1.51. The highest BCUT2D eigenvalue weighted by atomic mass is 32.1. The zero-order valence-corrected chi connectivity index (χ0v) is 20.4. The highest BCUT2D eigenvalue weighted by Crippen LogP contribution is 2.25. The van der Waals surface area contributed by atoms with Crippen LogP contribution in [0.15, 0.2) is 53.9 Å². The summed E-state index contributed by atoms with van der Waals surface area (Å²) in [5, 5.41) is 4.96. The van der Waals surface area contributed by atoms with Crippen LogP contribution in [0.1, 0.15) is 48.5 Å². The zero-order valence-electron chi connectivity index (χ0n) is 19.6. The molecule has 0 radical (unpaired) electrons. The topological polar surface area (TPSA) is 121 Å². The van der Waals surface area contributed by atoms with Crippen molar-refractivity contribution in [3.63, 3.8) is 0 Å². The maximum atomic E-state index is 12.2. The van der Waals surface area contributed by atoms with E-state index in [-0.39, 0.29) is 12.2 Å². The molecule has 3 N–H and O–H groups in total. The molecule has 2 amide bonds. The van der Waals surface area contributed by atoms with Crippen LogP contribution in [0.5, 0.6) is 5.75 Å². The number of carbonyl (C=O) groups is 3. The number of unbranched alkanes of at least 4 members (excludes halogenated alkanes) is 3. The number of aromatic nitrogens is 1. The highest BCUT2D eigenvalue weighted by Gasteiger charge is 2.13. The summed E-state index contributed by atoms with van der Waals surface area (Å²) >= 11 is 1.30.